The Bertz CT molecular complexity index is 379. The van der Waals surface area contributed by atoms with Crippen LogP contribution in [0.4, 0.5) is 4.39 Å². The van der Waals surface area contributed by atoms with E-state index in [0.717, 1.165) is 6.42 Å². The maximum Gasteiger partial charge on any atom is 0.170 e. The van der Waals surface area contributed by atoms with Crippen molar-refractivity contribution in [1.29, 1.82) is 0 Å². The molecule has 0 saturated heterocycles. The van der Waals surface area contributed by atoms with E-state index in [1.54, 1.807) is 12.1 Å². The lowest BCUT2D eigenvalue weighted by Gasteiger charge is -2.04. The summed E-state index contributed by atoms with van der Waals surface area (Å²) in [4.78, 5) is 4.91. The van der Waals surface area contributed by atoms with Crippen molar-refractivity contribution in [3.8, 4) is 0 Å². The molecule has 0 aromatic heterocycles. The highest BCUT2D eigenvalue weighted by molar-refractivity contribution is 5.97. The number of nitrogens with zero attached hydrogens (tertiary/aromatic N) is 1. The van der Waals surface area contributed by atoms with Gasteiger partial charge in [0, 0.05) is 17.7 Å². The maximum absolute atomic E-state index is 13.4. The van der Waals surface area contributed by atoms with E-state index >= 15 is 0 Å². The molecule has 88 valence electrons. The second-order valence-electron chi connectivity index (χ2n) is 3.32. The molecule has 0 heterocycles. The number of oxime groups is 1. The molecule has 0 aliphatic rings. The molecule has 0 saturated carbocycles. The number of hydrogen-bond acceptors (Lipinski definition) is 3. The van der Waals surface area contributed by atoms with Crippen LogP contribution in [0.5, 0.6) is 0 Å². The number of hydrogen-bond donors (Lipinski definition) is 2. The first kappa shape index (κ1) is 12.4. The Kier molecular flexibility index (Phi) is 4.72. The molecule has 0 aliphatic heterocycles. The van der Waals surface area contributed by atoms with Gasteiger partial charge in [-0.3, -0.25) is 0 Å². The molecule has 0 bridgehead atoms. The molecule has 1 rings (SSSR count). The standard InChI is InChI=1S/C11H16FN3O/c1-2-5-16-15-11(14)8-3-4-9(7-13)10(12)6-8/h3-4,6H,2,5,7,13H2,1H3,(H2,14,15). The van der Waals surface area contributed by atoms with Crippen molar-refractivity contribution < 1.29 is 9.23 Å². The molecule has 0 atom stereocenters. The number of rotatable bonds is 5. The Morgan fingerprint density at radius 3 is 2.81 bits per heavy atom. The second-order valence-corrected chi connectivity index (χ2v) is 3.32. The smallest absolute Gasteiger partial charge is 0.170 e. The van der Waals surface area contributed by atoms with Gasteiger partial charge in [-0.15, -0.1) is 0 Å². The van der Waals surface area contributed by atoms with Gasteiger partial charge in [0.25, 0.3) is 0 Å². The Hall–Kier alpha value is -1.62. The van der Waals surface area contributed by atoms with E-state index in [1.165, 1.54) is 6.07 Å². The molecular formula is C11H16FN3O. The molecule has 0 radical (unpaired) electrons. The van der Waals surface area contributed by atoms with Crippen molar-refractivity contribution >= 4 is 5.84 Å². The van der Waals surface area contributed by atoms with Crippen LogP contribution in [0.2, 0.25) is 0 Å². The molecule has 0 spiro atoms. The summed E-state index contributed by atoms with van der Waals surface area (Å²) in [6, 6.07) is 4.56. The third-order valence-corrected chi connectivity index (χ3v) is 2.03. The van der Waals surface area contributed by atoms with Gasteiger partial charge in [-0.2, -0.15) is 0 Å². The minimum absolute atomic E-state index is 0.162. The number of halogens is 1. The molecule has 0 fully saturated rings. The van der Waals surface area contributed by atoms with Gasteiger partial charge in [0.1, 0.15) is 12.4 Å². The average molecular weight is 225 g/mol. The van der Waals surface area contributed by atoms with E-state index in [9.17, 15) is 4.39 Å². The predicted molar refractivity (Wildman–Crippen MR) is 61.3 cm³/mol. The SMILES string of the molecule is CCCON=C(N)c1ccc(CN)c(F)c1. The Balaban J connectivity index is 2.80. The van der Waals surface area contributed by atoms with Crippen LogP contribution in [0.3, 0.4) is 0 Å². The summed E-state index contributed by atoms with van der Waals surface area (Å²) < 4.78 is 13.4. The molecule has 16 heavy (non-hydrogen) atoms. The normalized spacial score (nSPS) is 11.6. The lowest BCUT2D eigenvalue weighted by Crippen LogP contribution is -2.15. The van der Waals surface area contributed by atoms with Gasteiger partial charge in [0.15, 0.2) is 5.84 Å². The van der Waals surface area contributed by atoms with E-state index in [0.29, 0.717) is 17.7 Å². The zero-order valence-corrected chi connectivity index (χ0v) is 9.24. The van der Waals surface area contributed by atoms with Crippen LogP contribution in [0.25, 0.3) is 0 Å². The summed E-state index contributed by atoms with van der Waals surface area (Å²) in [5, 5.41) is 3.68. The lowest BCUT2D eigenvalue weighted by molar-refractivity contribution is 0.145. The fourth-order valence-electron chi connectivity index (χ4n) is 1.13. The van der Waals surface area contributed by atoms with E-state index in [4.69, 9.17) is 16.3 Å². The highest BCUT2D eigenvalue weighted by Gasteiger charge is 2.05. The van der Waals surface area contributed by atoms with Crippen molar-refractivity contribution in [2.75, 3.05) is 6.61 Å². The molecule has 5 heteroatoms. The van der Waals surface area contributed by atoms with Gasteiger partial charge < -0.3 is 16.3 Å². The summed E-state index contributed by atoms with van der Waals surface area (Å²) in [6.45, 7) is 2.61. The Morgan fingerprint density at radius 2 is 2.25 bits per heavy atom. The second kappa shape index (κ2) is 6.07. The predicted octanol–water partition coefficient (Wildman–Crippen LogP) is 1.33. The van der Waals surface area contributed by atoms with Crippen molar-refractivity contribution in [3.05, 3.63) is 35.1 Å². The van der Waals surface area contributed by atoms with Crippen LogP contribution in [0.15, 0.2) is 23.4 Å². The van der Waals surface area contributed by atoms with Crippen LogP contribution in [0, 0.1) is 5.82 Å². The van der Waals surface area contributed by atoms with Gasteiger partial charge in [-0.25, -0.2) is 4.39 Å². The third kappa shape index (κ3) is 3.20. The molecule has 1 aromatic carbocycles. The summed E-state index contributed by atoms with van der Waals surface area (Å²) in [7, 11) is 0. The minimum atomic E-state index is -0.381. The number of benzene rings is 1. The zero-order valence-electron chi connectivity index (χ0n) is 9.24. The Labute approximate surface area is 94.1 Å². The molecule has 4 nitrogen and oxygen atoms in total. The maximum atomic E-state index is 13.4. The zero-order chi connectivity index (χ0) is 12.0. The van der Waals surface area contributed by atoms with Gasteiger partial charge in [0.2, 0.25) is 0 Å². The van der Waals surface area contributed by atoms with Crippen molar-refractivity contribution in [2.24, 2.45) is 16.6 Å². The molecule has 0 aliphatic carbocycles. The quantitative estimate of drug-likeness (QED) is 0.343. The first-order valence-corrected chi connectivity index (χ1v) is 5.13. The topological polar surface area (TPSA) is 73.6 Å². The first-order valence-electron chi connectivity index (χ1n) is 5.13. The molecule has 1 aromatic rings. The highest BCUT2D eigenvalue weighted by atomic mass is 19.1. The fourth-order valence-corrected chi connectivity index (χ4v) is 1.13. The molecule has 4 N–H and O–H groups in total. The highest BCUT2D eigenvalue weighted by Crippen LogP contribution is 2.09. The minimum Gasteiger partial charge on any atom is -0.394 e. The van der Waals surface area contributed by atoms with Gasteiger partial charge in [-0.1, -0.05) is 24.2 Å². The van der Waals surface area contributed by atoms with E-state index in [-0.39, 0.29) is 18.2 Å². The Morgan fingerprint density at radius 1 is 1.50 bits per heavy atom. The summed E-state index contributed by atoms with van der Waals surface area (Å²) in [6.07, 6.45) is 0.844. The largest absolute Gasteiger partial charge is 0.394 e. The van der Waals surface area contributed by atoms with E-state index < -0.39 is 0 Å². The molecule has 0 unspecified atom stereocenters. The van der Waals surface area contributed by atoms with Crippen molar-refractivity contribution in [2.45, 2.75) is 19.9 Å². The molecular weight excluding hydrogens is 209 g/mol. The van der Waals surface area contributed by atoms with Crippen LogP contribution in [-0.2, 0) is 11.4 Å². The number of amidine groups is 1. The van der Waals surface area contributed by atoms with Crippen LogP contribution in [0.1, 0.15) is 24.5 Å². The number of nitrogens with two attached hydrogens (primary N) is 2. The van der Waals surface area contributed by atoms with Gasteiger partial charge >= 0.3 is 0 Å². The van der Waals surface area contributed by atoms with Crippen LogP contribution >= 0.6 is 0 Å². The van der Waals surface area contributed by atoms with Crippen LogP contribution < -0.4 is 11.5 Å². The first-order chi connectivity index (χ1) is 7.69. The van der Waals surface area contributed by atoms with Gasteiger partial charge in [0.05, 0.1) is 0 Å². The van der Waals surface area contributed by atoms with Gasteiger partial charge in [-0.05, 0) is 12.5 Å². The van der Waals surface area contributed by atoms with Crippen LogP contribution in [-0.4, -0.2) is 12.4 Å². The monoisotopic (exact) mass is 225 g/mol. The summed E-state index contributed by atoms with van der Waals surface area (Å²) >= 11 is 0. The van der Waals surface area contributed by atoms with E-state index in [1.807, 2.05) is 6.92 Å². The molecule has 0 amide bonds. The van der Waals surface area contributed by atoms with E-state index in [2.05, 4.69) is 5.16 Å². The lowest BCUT2D eigenvalue weighted by atomic mass is 10.1. The fraction of sp³-hybridized carbons (Fsp3) is 0.364. The van der Waals surface area contributed by atoms with Crippen molar-refractivity contribution in [3.63, 3.8) is 0 Å². The average Bonchev–Trinajstić information content (AvgIpc) is 2.29. The summed E-state index contributed by atoms with van der Waals surface area (Å²) in [5.41, 5.74) is 11.9. The third-order valence-electron chi connectivity index (χ3n) is 2.03. The summed E-state index contributed by atoms with van der Waals surface area (Å²) in [5.74, 6) is -0.218. The van der Waals surface area contributed by atoms with Crippen molar-refractivity contribution in [1.82, 2.24) is 0 Å².